The molecule has 116 valence electrons. The van der Waals surface area contributed by atoms with Crippen molar-refractivity contribution in [2.24, 2.45) is 7.05 Å². The Labute approximate surface area is 134 Å². The van der Waals surface area contributed by atoms with E-state index in [9.17, 15) is 0 Å². The number of aryl methyl sites for hydroxylation is 1. The smallest absolute Gasteiger partial charge is 0.231 e. The van der Waals surface area contributed by atoms with E-state index in [1.165, 1.54) is 12.8 Å². The second-order valence-corrected chi connectivity index (χ2v) is 6.29. The van der Waals surface area contributed by atoms with Crippen LogP contribution >= 0.6 is 11.6 Å². The minimum atomic E-state index is 0.273. The molecule has 2 heterocycles. The van der Waals surface area contributed by atoms with Crippen molar-refractivity contribution in [1.29, 1.82) is 0 Å². The Bertz CT molecular complexity index is 697. The Morgan fingerprint density at radius 1 is 1.27 bits per heavy atom. The van der Waals surface area contributed by atoms with Gasteiger partial charge >= 0.3 is 0 Å². The van der Waals surface area contributed by atoms with E-state index in [1.54, 1.807) is 0 Å². The molecule has 6 heteroatoms. The molecule has 1 fully saturated rings. The fourth-order valence-electron chi connectivity index (χ4n) is 2.78. The number of hydrogen-bond acceptors (Lipinski definition) is 4. The SMILES string of the molecule is Cn1ccnc1CN(Cc1cc2c(cc1Cl)OCO2)C1CC1. The maximum absolute atomic E-state index is 6.41. The first-order chi connectivity index (χ1) is 10.7. The molecule has 1 aromatic heterocycles. The number of rotatable bonds is 5. The van der Waals surface area contributed by atoms with Crippen LogP contribution in [0.15, 0.2) is 24.5 Å². The highest BCUT2D eigenvalue weighted by Crippen LogP contribution is 2.38. The first kappa shape index (κ1) is 13.9. The number of fused-ring (bicyclic) bond motifs is 1. The molecular weight excluding hydrogens is 302 g/mol. The van der Waals surface area contributed by atoms with Crippen LogP contribution in [0.5, 0.6) is 11.5 Å². The third-order valence-electron chi connectivity index (χ3n) is 4.24. The van der Waals surface area contributed by atoms with Crippen molar-refractivity contribution < 1.29 is 9.47 Å². The van der Waals surface area contributed by atoms with Crippen molar-refractivity contribution >= 4 is 11.6 Å². The van der Waals surface area contributed by atoms with Gasteiger partial charge in [-0.1, -0.05) is 11.6 Å². The van der Waals surface area contributed by atoms with E-state index in [0.29, 0.717) is 6.04 Å². The van der Waals surface area contributed by atoms with E-state index in [-0.39, 0.29) is 6.79 Å². The van der Waals surface area contributed by atoms with Crippen LogP contribution in [0, 0.1) is 0 Å². The largest absolute Gasteiger partial charge is 0.454 e. The van der Waals surface area contributed by atoms with Gasteiger partial charge in [-0.3, -0.25) is 4.90 Å². The van der Waals surface area contributed by atoms with Gasteiger partial charge in [0.15, 0.2) is 11.5 Å². The molecule has 1 aliphatic heterocycles. The van der Waals surface area contributed by atoms with Gasteiger partial charge in [-0.05, 0) is 24.5 Å². The molecule has 0 bridgehead atoms. The Balaban J connectivity index is 1.56. The maximum atomic E-state index is 6.41. The average Bonchev–Trinajstić information content (AvgIpc) is 3.13. The number of ether oxygens (including phenoxy) is 2. The molecule has 0 atom stereocenters. The third kappa shape index (κ3) is 2.66. The van der Waals surface area contributed by atoms with E-state index in [0.717, 1.165) is 41.0 Å². The van der Waals surface area contributed by atoms with E-state index in [4.69, 9.17) is 21.1 Å². The molecule has 22 heavy (non-hydrogen) atoms. The van der Waals surface area contributed by atoms with E-state index in [1.807, 2.05) is 31.6 Å². The van der Waals surface area contributed by atoms with Gasteiger partial charge in [0.1, 0.15) is 5.82 Å². The van der Waals surface area contributed by atoms with Crippen molar-refractivity contribution in [3.8, 4) is 11.5 Å². The van der Waals surface area contributed by atoms with Crippen LogP contribution < -0.4 is 9.47 Å². The van der Waals surface area contributed by atoms with Crippen LogP contribution in [0.1, 0.15) is 24.2 Å². The molecule has 1 saturated carbocycles. The molecule has 5 nitrogen and oxygen atoms in total. The molecular formula is C16H18ClN3O2. The summed E-state index contributed by atoms with van der Waals surface area (Å²) < 4.78 is 12.9. The topological polar surface area (TPSA) is 39.5 Å². The van der Waals surface area contributed by atoms with Crippen molar-refractivity contribution in [2.45, 2.75) is 32.0 Å². The first-order valence-corrected chi connectivity index (χ1v) is 7.87. The maximum Gasteiger partial charge on any atom is 0.231 e. The van der Waals surface area contributed by atoms with Crippen LogP contribution in [-0.4, -0.2) is 27.3 Å². The number of benzene rings is 1. The molecule has 0 N–H and O–H groups in total. The van der Waals surface area contributed by atoms with Gasteiger partial charge in [0.2, 0.25) is 6.79 Å². The molecule has 0 unspecified atom stereocenters. The molecule has 1 aliphatic carbocycles. The highest BCUT2D eigenvalue weighted by atomic mass is 35.5. The summed E-state index contributed by atoms with van der Waals surface area (Å²) in [7, 11) is 2.03. The number of halogens is 1. The molecule has 2 aliphatic rings. The molecule has 0 saturated heterocycles. The van der Waals surface area contributed by atoms with Gasteiger partial charge in [-0.2, -0.15) is 0 Å². The second-order valence-electron chi connectivity index (χ2n) is 5.89. The summed E-state index contributed by atoms with van der Waals surface area (Å²) in [5.74, 6) is 2.59. The van der Waals surface area contributed by atoms with Crippen molar-refractivity contribution in [1.82, 2.24) is 14.5 Å². The molecule has 0 spiro atoms. The fourth-order valence-corrected chi connectivity index (χ4v) is 3.00. The number of imidazole rings is 1. The summed E-state index contributed by atoms with van der Waals surface area (Å²) in [6.07, 6.45) is 6.31. The average molecular weight is 320 g/mol. The predicted octanol–water partition coefficient (Wildman–Crippen LogP) is 2.97. The van der Waals surface area contributed by atoms with Gasteiger partial charge in [-0.15, -0.1) is 0 Å². The van der Waals surface area contributed by atoms with Gasteiger partial charge in [0.05, 0.1) is 6.54 Å². The van der Waals surface area contributed by atoms with Crippen LogP contribution in [0.4, 0.5) is 0 Å². The number of nitrogens with zero attached hydrogens (tertiary/aromatic N) is 3. The summed E-state index contributed by atoms with van der Waals surface area (Å²) in [4.78, 5) is 6.87. The lowest BCUT2D eigenvalue weighted by Crippen LogP contribution is -2.26. The van der Waals surface area contributed by atoms with E-state index in [2.05, 4.69) is 14.5 Å². The third-order valence-corrected chi connectivity index (χ3v) is 4.60. The van der Waals surface area contributed by atoms with Crippen molar-refractivity contribution in [3.05, 3.63) is 40.9 Å². The fraction of sp³-hybridized carbons (Fsp3) is 0.438. The minimum absolute atomic E-state index is 0.273. The van der Waals surface area contributed by atoms with Gasteiger partial charge in [0.25, 0.3) is 0 Å². The molecule has 1 aromatic carbocycles. The molecule has 0 amide bonds. The Morgan fingerprint density at radius 2 is 2.05 bits per heavy atom. The predicted molar refractivity (Wildman–Crippen MR) is 83.1 cm³/mol. The highest BCUT2D eigenvalue weighted by molar-refractivity contribution is 6.31. The molecule has 0 radical (unpaired) electrons. The standard InChI is InChI=1S/C16H18ClN3O2/c1-19-5-4-18-16(19)9-20(12-2-3-12)8-11-6-14-15(7-13(11)17)22-10-21-14/h4-7,12H,2-3,8-10H2,1H3. The number of aromatic nitrogens is 2. The monoisotopic (exact) mass is 319 g/mol. The lowest BCUT2D eigenvalue weighted by Gasteiger charge is -2.22. The first-order valence-electron chi connectivity index (χ1n) is 7.49. The zero-order valence-electron chi connectivity index (χ0n) is 12.5. The lowest BCUT2D eigenvalue weighted by atomic mass is 10.2. The normalized spacial score (nSPS) is 16.5. The van der Waals surface area contributed by atoms with Crippen LogP contribution in [0.3, 0.4) is 0 Å². The highest BCUT2D eigenvalue weighted by Gasteiger charge is 2.30. The Morgan fingerprint density at radius 3 is 2.73 bits per heavy atom. The van der Waals surface area contributed by atoms with Crippen LogP contribution in [0.25, 0.3) is 0 Å². The lowest BCUT2D eigenvalue weighted by molar-refractivity contribution is 0.174. The molecule has 4 rings (SSSR count). The van der Waals surface area contributed by atoms with E-state index < -0.39 is 0 Å². The summed E-state index contributed by atoms with van der Waals surface area (Å²) in [6.45, 7) is 1.90. The van der Waals surface area contributed by atoms with Gasteiger partial charge in [-0.25, -0.2) is 4.98 Å². The van der Waals surface area contributed by atoms with Crippen molar-refractivity contribution in [3.63, 3.8) is 0 Å². The summed E-state index contributed by atoms with van der Waals surface area (Å²) >= 11 is 6.41. The van der Waals surface area contributed by atoms with Crippen molar-refractivity contribution in [2.75, 3.05) is 6.79 Å². The Kier molecular flexibility index (Phi) is 3.47. The summed E-state index contributed by atoms with van der Waals surface area (Å²) in [6, 6.07) is 4.47. The second kappa shape index (κ2) is 5.48. The van der Waals surface area contributed by atoms with Crippen LogP contribution in [0.2, 0.25) is 5.02 Å². The quantitative estimate of drug-likeness (QED) is 0.849. The minimum Gasteiger partial charge on any atom is -0.454 e. The Hall–Kier alpha value is -1.72. The van der Waals surface area contributed by atoms with Gasteiger partial charge in [0, 0.05) is 43.1 Å². The number of hydrogen-bond donors (Lipinski definition) is 0. The molecule has 2 aromatic rings. The zero-order valence-corrected chi connectivity index (χ0v) is 13.2. The van der Waals surface area contributed by atoms with Gasteiger partial charge < -0.3 is 14.0 Å². The summed E-state index contributed by atoms with van der Waals surface area (Å²) in [5.41, 5.74) is 1.08. The van der Waals surface area contributed by atoms with Crippen LogP contribution in [-0.2, 0) is 20.1 Å². The summed E-state index contributed by atoms with van der Waals surface area (Å²) in [5, 5.41) is 0.731. The van der Waals surface area contributed by atoms with E-state index >= 15 is 0 Å². The zero-order chi connectivity index (χ0) is 15.1.